The minimum Gasteiger partial charge on any atom is -0.352 e. The number of rotatable bonds is 7. The van der Waals surface area contributed by atoms with E-state index in [2.05, 4.69) is 20.6 Å². The number of carbonyl (C=O) groups excluding carboxylic acids is 2. The Morgan fingerprint density at radius 2 is 1.96 bits per heavy atom. The van der Waals surface area contributed by atoms with Crippen LogP contribution in [0.4, 0.5) is 5.69 Å². The van der Waals surface area contributed by atoms with Crippen molar-refractivity contribution in [1.29, 1.82) is 0 Å². The highest BCUT2D eigenvalue weighted by atomic mass is 16.2. The monoisotopic (exact) mass is 380 g/mol. The van der Waals surface area contributed by atoms with Crippen LogP contribution in [-0.2, 0) is 24.1 Å². The van der Waals surface area contributed by atoms with Crippen molar-refractivity contribution in [3.8, 4) is 0 Å². The summed E-state index contributed by atoms with van der Waals surface area (Å²) < 4.78 is 0. The first-order valence-corrected chi connectivity index (χ1v) is 10.0. The lowest BCUT2D eigenvalue weighted by Gasteiger charge is -2.11. The van der Waals surface area contributed by atoms with E-state index in [-0.39, 0.29) is 11.8 Å². The van der Waals surface area contributed by atoms with E-state index >= 15 is 0 Å². The van der Waals surface area contributed by atoms with Crippen molar-refractivity contribution >= 4 is 17.5 Å². The molecule has 2 amide bonds. The van der Waals surface area contributed by atoms with Crippen LogP contribution < -0.4 is 10.6 Å². The molecule has 0 saturated carbocycles. The van der Waals surface area contributed by atoms with Crippen LogP contribution >= 0.6 is 0 Å². The number of carbonyl (C=O) groups is 2. The van der Waals surface area contributed by atoms with Crippen LogP contribution in [0.1, 0.15) is 64.9 Å². The number of aromatic nitrogens is 2. The number of amides is 2. The molecule has 0 spiro atoms. The van der Waals surface area contributed by atoms with E-state index in [9.17, 15) is 9.59 Å². The first-order chi connectivity index (χ1) is 13.5. The lowest BCUT2D eigenvalue weighted by Crippen LogP contribution is -2.26. The summed E-state index contributed by atoms with van der Waals surface area (Å²) in [5.41, 5.74) is 5.68. The second-order valence-electron chi connectivity index (χ2n) is 7.34. The highest BCUT2D eigenvalue weighted by Crippen LogP contribution is 2.22. The maximum atomic E-state index is 12.5. The number of anilines is 1. The van der Waals surface area contributed by atoms with Gasteiger partial charge in [0.05, 0.1) is 0 Å². The third-order valence-corrected chi connectivity index (χ3v) is 5.07. The molecule has 0 unspecified atom stereocenters. The number of nitrogens with one attached hydrogen (secondary N) is 2. The van der Waals surface area contributed by atoms with Crippen molar-refractivity contribution in [3.05, 3.63) is 52.1 Å². The van der Waals surface area contributed by atoms with Crippen LogP contribution in [0.15, 0.2) is 18.2 Å². The molecule has 0 fully saturated rings. The molecule has 28 heavy (non-hydrogen) atoms. The summed E-state index contributed by atoms with van der Waals surface area (Å²) in [5, 5.41) is 5.81. The van der Waals surface area contributed by atoms with E-state index in [1.807, 2.05) is 26.8 Å². The number of fused-ring (bicyclic) bond motifs is 1. The summed E-state index contributed by atoms with van der Waals surface area (Å²) in [6.45, 7) is 6.39. The van der Waals surface area contributed by atoms with Gasteiger partial charge in [0.1, 0.15) is 5.82 Å². The molecule has 1 aliphatic carbocycles. The zero-order valence-corrected chi connectivity index (χ0v) is 16.9. The number of nitrogens with zero attached hydrogens (tertiary/aromatic N) is 2. The van der Waals surface area contributed by atoms with Crippen LogP contribution in [0.25, 0.3) is 0 Å². The molecule has 0 atom stereocenters. The zero-order chi connectivity index (χ0) is 20.1. The zero-order valence-electron chi connectivity index (χ0n) is 16.9. The van der Waals surface area contributed by atoms with Crippen molar-refractivity contribution in [2.45, 2.75) is 59.3 Å². The predicted molar refractivity (Wildman–Crippen MR) is 110 cm³/mol. The summed E-state index contributed by atoms with van der Waals surface area (Å²) in [6.07, 6.45) is 5.10. The van der Waals surface area contributed by atoms with E-state index in [0.29, 0.717) is 30.6 Å². The van der Waals surface area contributed by atoms with Crippen molar-refractivity contribution < 1.29 is 9.59 Å². The van der Waals surface area contributed by atoms with Crippen molar-refractivity contribution in [2.75, 3.05) is 11.9 Å². The van der Waals surface area contributed by atoms with Crippen molar-refractivity contribution in [3.63, 3.8) is 0 Å². The molecule has 6 heteroatoms. The van der Waals surface area contributed by atoms with E-state index < -0.39 is 0 Å². The maximum absolute atomic E-state index is 12.5. The molecule has 3 rings (SSSR count). The van der Waals surface area contributed by atoms with E-state index in [4.69, 9.17) is 0 Å². The molecule has 6 nitrogen and oxygen atoms in total. The normalized spacial score (nSPS) is 12.5. The molecule has 2 N–H and O–H groups in total. The Morgan fingerprint density at radius 1 is 1.14 bits per heavy atom. The molecule has 0 radical (unpaired) electrons. The molecule has 1 aromatic carbocycles. The van der Waals surface area contributed by atoms with Gasteiger partial charge in [0.2, 0.25) is 5.91 Å². The van der Waals surface area contributed by atoms with E-state index in [0.717, 1.165) is 42.8 Å². The summed E-state index contributed by atoms with van der Waals surface area (Å²) in [7, 11) is 0. The van der Waals surface area contributed by atoms with Gasteiger partial charge in [0.25, 0.3) is 5.91 Å². The van der Waals surface area contributed by atoms with E-state index in [1.54, 1.807) is 12.1 Å². The molecule has 0 saturated heterocycles. The van der Waals surface area contributed by atoms with E-state index in [1.165, 1.54) is 11.3 Å². The molecule has 0 bridgehead atoms. The molecular weight excluding hydrogens is 352 g/mol. The fraction of sp³-hybridized carbons (Fsp3) is 0.455. The van der Waals surface area contributed by atoms with Gasteiger partial charge < -0.3 is 10.6 Å². The number of benzene rings is 1. The minimum absolute atomic E-state index is 0.0349. The molecular formula is C22H28N4O2. The van der Waals surface area contributed by atoms with Gasteiger partial charge in [0.15, 0.2) is 0 Å². The van der Waals surface area contributed by atoms with Crippen molar-refractivity contribution in [2.24, 2.45) is 0 Å². The average Bonchev–Trinajstić information content (AvgIpc) is 3.13. The Balaban J connectivity index is 1.59. The number of hydrogen-bond donors (Lipinski definition) is 2. The van der Waals surface area contributed by atoms with Crippen LogP contribution in [0.5, 0.6) is 0 Å². The Hall–Kier alpha value is -2.76. The fourth-order valence-corrected chi connectivity index (χ4v) is 3.52. The molecule has 1 aromatic heterocycles. The first-order valence-electron chi connectivity index (χ1n) is 10.0. The van der Waals surface area contributed by atoms with Gasteiger partial charge in [-0.15, -0.1) is 0 Å². The van der Waals surface area contributed by atoms with Crippen molar-refractivity contribution in [1.82, 2.24) is 15.3 Å². The third-order valence-electron chi connectivity index (χ3n) is 5.07. The molecule has 1 heterocycles. The minimum atomic E-state index is -0.163. The van der Waals surface area contributed by atoms with Gasteiger partial charge in [-0.05, 0) is 62.8 Å². The average molecular weight is 380 g/mol. The number of aryl methyl sites for hydroxylation is 3. The van der Waals surface area contributed by atoms with Crippen LogP contribution in [0, 0.1) is 13.8 Å². The maximum Gasteiger partial charge on any atom is 0.251 e. The first kappa shape index (κ1) is 20.0. The van der Waals surface area contributed by atoms with Gasteiger partial charge in [-0.1, -0.05) is 13.0 Å². The molecule has 0 aliphatic heterocycles. The Kier molecular flexibility index (Phi) is 6.39. The molecule has 1 aliphatic rings. The second kappa shape index (κ2) is 8.95. The Bertz CT molecular complexity index is 892. The highest BCUT2D eigenvalue weighted by molar-refractivity contribution is 5.97. The third kappa shape index (κ3) is 4.74. The second-order valence-corrected chi connectivity index (χ2v) is 7.34. The lowest BCUT2D eigenvalue weighted by atomic mass is 10.1. The fourth-order valence-electron chi connectivity index (χ4n) is 3.52. The van der Waals surface area contributed by atoms with Gasteiger partial charge in [-0.3, -0.25) is 9.59 Å². The summed E-state index contributed by atoms with van der Waals surface area (Å²) in [5.74, 6) is 0.589. The molecule has 2 aromatic rings. The lowest BCUT2D eigenvalue weighted by molar-refractivity contribution is -0.116. The standard InChI is InChI=1S/C22H28N4O2/c1-4-6-21(27)26-19-13-16(10-9-14(19)2)22(28)23-12-11-20-24-15(3)17-7-5-8-18(17)25-20/h9-10,13H,4-8,11-12H2,1-3H3,(H,23,28)(H,26,27). The Morgan fingerprint density at radius 3 is 2.75 bits per heavy atom. The summed E-state index contributed by atoms with van der Waals surface area (Å²) in [6, 6.07) is 5.36. The van der Waals surface area contributed by atoms with Crippen LogP contribution in [0.3, 0.4) is 0 Å². The topological polar surface area (TPSA) is 84.0 Å². The molecule has 148 valence electrons. The van der Waals surface area contributed by atoms with Gasteiger partial charge >= 0.3 is 0 Å². The highest BCUT2D eigenvalue weighted by Gasteiger charge is 2.17. The largest absolute Gasteiger partial charge is 0.352 e. The SMILES string of the molecule is CCCC(=O)Nc1cc(C(=O)NCCc2nc(C)c3c(n2)CCC3)ccc1C. The number of hydrogen-bond acceptors (Lipinski definition) is 4. The Labute approximate surface area is 166 Å². The summed E-state index contributed by atoms with van der Waals surface area (Å²) >= 11 is 0. The van der Waals surface area contributed by atoms with Gasteiger partial charge in [0, 0.05) is 42.0 Å². The predicted octanol–water partition coefficient (Wildman–Crippen LogP) is 3.29. The van der Waals surface area contributed by atoms with Gasteiger partial charge in [-0.25, -0.2) is 9.97 Å². The quantitative estimate of drug-likeness (QED) is 0.772. The van der Waals surface area contributed by atoms with Crippen LogP contribution in [0.2, 0.25) is 0 Å². The smallest absolute Gasteiger partial charge is 0.251 e. The van der Waals surface area contributed by atoms with Gasteiger partial charge in [-0.2, -0.15) is 0 Å². The summed E-state index contributed by atoms with van der Waals surface area (Å²) in [4.78, 5) is 33.6. The van der Waals surface area contributed by atoms with Crippen LogP contribution in [-0.4, -0.2) is 28.3 Å².